The number of para-hydroxylation sites is 1. The monoisotopic (exact) mass is 279 g/mol. The summed E-state index contributed by atoms with van der Waals surface area (Å²) in [4.78, 5) is 34.1. The number of benzene rings is 1. The number of carbonyl (C=O) groups excluding carboxylic acids is 1. The van der Waals surface area contributed by atoms with Gasteiger partial charge in [-0.1, -0.05) is 12.1 Å². The van der Waals surface area contributed by atoms with Gasteiger partial charge in [0.05, 0.1) is 0 Å². The lowest BCUT2D eigenvalue weighted by Crippen LogP contribution is -2.40. The Morgan fingerprint density at radius 1 is 1.40 bits per heavy atom. The zero-order valence-corrected chi connectivity index (χ0v) is 10.3. The van der Waals surface area contributed by atoms with E-state index in [4.69, 9.17) is 9.52 Å². The van der Waals surface area contributed by atoms with E-state index in [9.17, 15) is 18.8 Å². The molecule has 0 bridgehead atoms. The van der Waals surface area contributed by atoms with Crippen LogP contribution in [-0.4, -0.2) is 23.0 Å². The molecule has 1 aromatic heterocycles. The number of hydrogen-bond donors (Lipinski definition) is 2. The van der Waals surface area contributed by atoms with Crippen LogP contribution in [0.25, 0.3) is 11.0 Å². The van der Waals surface area contributed by atoms with Crippen molar-refractivity contribution in [3.8, 4) is 0 Å². The minimum absolute atomic E-state index is 0.234. The number of halogens is 1. The van der Waals surface area contributed by atoms with E-state index in [0.29, 0.717) is 0 Å². The Balaban J connectivity index is 2.45. The Morgan fingerprint density at radius 2 is 2.10 bits per heavy atom. The Hall–Kier alpha value is -2.70. The number of nitrogens with one attached hydrogen (secondary N) is 1. The molecule has 2 aromatic rings. The summed E-state index contributed by atoms with van der Waals surface area (Å²) in [5.74, 6) is -2.85. The van der Waals surface area contributed by atoms with Crippen molar-refractivity contribution in [2.24, 2.45) is 0 Å². The summed E-state index contributed by atoms with van der Waals surface area (Å²) < 4.78 is 18.2. The summed E-state index contributed by atoms with van der Waals surface area (Å²) >= 11 is 0. The first kappa shape index (κ1) is 13.7. The summed E-state index contributed by atoms with van der Waals surface area (Å²) in [6.07, 6.45) is 0. The maximum atomic E-state index is 13.4. The second-order valence-electron chi connectivity index (χ2n) is 4.14. The lowest BCUT2D eigenvalue weighted by molar-refractivity contribution is -0.138. The number of amides is 1. The standard InChI is InChI=1S/C13H10FNO5/c1-6(12(17)18)15-11(16)8-5-7-3-2-4-9(14)10(7)20-13(8)19/h2-6H,1H3,(H,15,16)(H,17,18). The average Bonchev–Trinajstić information content (AvgIpc) is 2.39. The number of carboxylic acid groups (broad SMARTS) is 1. The van der Waals surface area contributed by atoms with Crippen LogP contribution in [0.3, 0.4) is 0 Å². The fourth-order valence-corrected chi connectivity index (χ4v) is 1.60. The van der Waals surface area contributed by atoms with Crippen LogP contribution in [0.2, 0.25) is 0 Å². The van der Waals surface area contributed by atoms with Crippen LogP contribution in [0.5, 0.6) is 0 Å². The molecule has 0 saturated carbocycles. The number of rotatable bonds is 3. The molecule has 20 heavy (non-hydrogen) atoms. The first-order chi connectivity index (χ1) is 9.40. The van der Waals surface area contributed by atoms with E-state index in [1.54, 1.807) is 0 Å². The van der Waals surface area contributed by atoms with Gasteiger partial charge in [-0.2, -0.15) is 0 Å². The summed E-state index contributed by atoms with van der Waals surface area (Å²) in [5.41, 5.74) is -1.66. The van der Waals surface area contributed by atoms with E-state index in [0.717, 1.165) is 12.1 Å². The predicted octanol–water partition coefficient (Wildman–Crippen LogP) is 1.14. The zero-order valence-electron chi connectivity index (χ0n) is 10.3. The SMILES string of the molecule is CC(NC(=O)c1cc2cccc(F)c2oc1=O)C(=O)O. The topological polar surface area (TPSA) is 96.6 Å². The lowest BCUT2D eigenvalue weighted by Gasteiger charge is -2.08. The van der Waals surface area contributed by atoms with Gasteiger partial charge in [0.1, 0.15) is 11.6 Å². The summed E-state index contributed by atoms with van der Waals surface area (Å²) in [6.45, 7) is 1.25. The lowest BCUT2D eigenvalue weighted by atomic mass is 10.1. The summed E-state index contributed by atoms with van der Waals surface area (Å²) in [5, 5.41) is 11.0. The van der Waals surface area contributed by atoms with Gasteiger partial charge < -0.3 is 14.8 Å². The predicted molar refractivity (Wildman–Crippen MR) is 67.0 cm³/mol. The van der Waals surface area contributed by atoms with Gasteiger partial charge in [0.25, 0.3) is 5.91 Å². The molecule has 104 valence electrons. The van der Waals surface area contributed by atoms with Gasteiger partial charge >= 0.3 is 11.6 Å². The Bertz CT molecular complexity index is 752. The first-order valence-corrected chi connectivity index (χ1v) is 5.66. The van der Waals surface area contributed by atoms with Gasteiger partial charge in [0, 0.05) is 5.39 Å². The van der Waals surface area contributed by atoms with Crippen LogP contribution in [0.1, 0.15) is 17.3 Å². The molecule has 1 atom stereocenters. The van der Waals surface area contributed by atoms with Gasteiger partial charge in [0.2, 0.25) is 0 Å². The van der Waals surface area contributed by atoms with Crippen molar-refractivity contribution in [3.05, 3.63) is 46.1 Å². The van der Waals surface area contributed by atoms with E-state index >= 15 is 0 Å². The second kappa shape index (κ2) is 5.12. The van der Waals surface area contributed by atoms with Crippen molar-refractivity contribution < 1.29 is 23.5 Å². The van der Waals surface area contributed by atoms with E-state index in [1.807, 2.05) is 0 Å². The molecule has 1 amide bonds. The van der Waals surface area contributed by atoms with E-state index in [1.165, 1.54) is 19.1 Å². The van der Waals surface area contributed by atoms with Gasteiger partial charge in [-0.3, -0.25) is 9.59 Å². The molecular weight excluding hydrogens is 269 g/mol. The van der Waals surface area contributed by atoms with E-state index in [-0.39, 0.29) is 16.5 Å². The third-order valence-electron chi connectivity index (χ3n) is 2.67. The Kier molecular flexibility index (Phi) is 3.51. The highest BCUT2D eigenvalue weighted by atomic mass is 19.1. The van der Waals surface area contributed by atoms with Crippen LogP contribution in [0.4, 0.5) is 4.39 Å². The Labute approximate surface area is 111 Å². The molecule has 0 saturated heterocycles. The number of carbonyl (C=O) groups is 2. The van der Waals surface area contributed by atoms with Crippen LogP contribution in [-0.2, 0) is 4.79 Å². The van der Waals surface area contributed by atoms with Gasteiger partial charge in [-0.15, -0.1) is 0 Å². The quantitative estimate of drug-likeness (QED) is 0.821. The highest BCUT2D eigenvalue weighted by Crippen LogP contribution is 2.16. The molecule has 0 aliphatic heterocycles. The maximum absolute atomic E-state index is 13.4. The fourth-order valence-electron chi connectivity index (χ4n) is 1.60. The largest absolute Gasteiger partial charge is 0.480 e. The number of aliphatic carboxylic acids is 1. The highest BCUT2D eigenvalue weighted by Gasteiger charge is 2.19. The number of carboxylic acids is 1. The van der Waals surface area contributed by atoms with Crippen LogP contribution in [0.15, 0.2) is 33.5 Å². The molecule has 0 radical (unpaired) electrons. The van der Waals surface area contributed by atoms with Crippen molar-refractivity contribution >= 4 is 22.8 Å². The Morgan fingerprint density at radius 3 is 2.75 bits per heavy atom. The van der Waals surface area contributed by atoms with Crippen molar-refractivity contribution in [1.29, 1.82) is 0 Å². The zero-order chi connectivity index (χ0) is 14.9. The van der Waals surface area contributed by atoms with Crippen LogP contribution in [0, 0.1) is 5.82 Å². The molecule has 7 heteroatoms. The van der Waals surface area contributed by atoms with E-state index < -0.39 is 29.4 Å². The first-order valence-electron chi connectivity index (χ1n) is 5.66. The van der Waals surface area contributed by atoms with Gasteiger partial charge in [-0.25, -0.2) is 9.18 Å². The number of hydrogen-bond acceptors (Lipinski definition) is 4. The third-order valence-corrected chi connectivity index (χ3v) is 2.67. The van der Waals surface area contributed by atoms with Gasteiger partial charge in [-0.05, 0) is 19.1 Å². The molecular formula is C13H10FNO5. The van der Waals surface area contributed by atoms with E-state index in [2.05, 4.69) is 5.32 Å². The van der Waals surface area contributed by atoms with Gasteiger partial charge in [0.15, 0.2) is 11.4 Å². The molecule has 1 heterocycles. The normalized spacial score (nSPS) is 12.1. The van der Waals surface area contributed by atoms with Crippen LogP contribution >= 0.6 is 0 Å². The molecule has 1 aromatic carbocycles. The minimum Gasteiger partial charge on any atom is -0.480 e. The molecule has 2 rings (SSSR count). The minimum atomic E-state index is -1.24. The average molecular weight is 279 g/mol. The molecule has 6 nitrogen and oxygen atoms in total. The molecule has 0 aliphatic rings. The fraction of sp³-hybridized carbons (Fsp3) is 0.154. The molecule has 2 N–H and O–H groups in total. The van der Waals surface area contributed by atoms with Crippen LogP contribution < -0.4 is 10.9 Å². The van der Waals surface area contributed by atoms with Crippen molar-refractivity contribution in [1.82, 2.24) is 5.32 Å². The second-order valence-corrected chi connectivity index (χ2v) is 4.14. The molecule has 0 aliphatic carbocycles. The molecule has 0 fully saturated rings. The smallest absolute Gasteiger partial charge is 0.349 e. The molecule has 1 unspecified atom stereocenters. The van der Waals surface area contributed by atoms with Crippen molar-refractivity contribution in [3.63, 3.8) is 0 Å². The van der Waals surface area contributed by atoms with Crippen molar-refractivity contribution in [2.75, 3.05) is 0 Å². The molecule has 0 spiro atoms. The number of fused-ring (bicyclic) bond motifs is 1. The third kappa shape index (κ3) is 2.51. The maximum Gasteiger partial charge on any atom is 0.349 e. The summed E-state index contributed by atoms with van der Waals surface area (Å²) in [6, 6.07) is 3.99. The van der Waals surface area contributed by atoms with Crippen molar-refractivity contribution in [2.45, 2.75) is 13.0 Å². The highest BCUT2D eigenvalue weighted by molar-refractivity contribution is 5.98. The summed E-state index contributed by atoms with van der Waals surface area (Å²) in [7, 11) is 0.